The molecule has 1 saturated carbocycles. The predicted octanol–water partition coefficient (Wildman–Crippen LogP) is 2.05. The highest BCUT2D eigenvalue weighted by molar-refractivity contribution is 5.96. The number of carbonyl (C=O) groups excluding carboxylic acids is 1. The molecular weight excluding hydrogens is 382 g/mol. The number of hydrogen-bond donors (Lipinski definition) is 4. The quantitative estimate of drug-likeness (QED) is 0.436. The molecule has 9 heteroatoms. The van der Waals surface area contributed by atoms with E-state index in [1.807, 2.05) is 25.1 Å². The van der Waals surface area contributed by atoms with Crippen molar-refractivity contribution in [3.05, 3.63) is 23.8 Å². The summed E-state index contributed by atoms with van der Waals surface area (Å²) in [5.74, 6) is 0.833. The van der Waals surface area contributed by atoms with Gasteiger partial charge in [-0.1, -0.05) is 24.5 Å². The third kappa shape index (κ3) is 4.62. The molecule has 0 bridgehead atoms. The highest BCUT2D eigenvalue weighted by Crippen LogP contribution is 2.29. The molecule has 3 atom stereocenters. The highest BCUT2D eigenvalue weighted by Gasteiger charge is 2.27. The van der Waals surface area contributed by atoms with E-state index in [4.69, 9.17) is 16.2 Å². The van der Waals surface area contributed by atoms with Crippen LogP contribution < -0.4 is 22.1 Å². The first-order chi connectivity index (χ1) is 14.5. The van der Waals surface area contributed by atoms with Gasteiger partial charge in [-0.3, -0.25) is 10.1 Å². The van der Waals surface area contributed by atoms with E-state index in [1.54, 1.807) is 0 Å². The molecule has 2 heterocycles. The molecule has 1 aromatic carbocycles. The van der Waals surface area contributed by atoms with Crippen molar-refractivity contribution in [1.29, 1.82) is 0 Å². The van der Waals surface area contributed by atoms with E-state index in [9.17, 15) is 4.79 Å². The summed E-state index contributed by atoms with van der Waals surface area (Å²) in [6, 6.07) is 6.02. The zero-order valence-corrected chi connectivity index (χ0v) is 17.2. The summed E-state index contributed by atoms with van der Waals surface area (Å²) in [5.41, 5.74) is 13.2. The minimum atomic E-state index is -0.441. The Morgan fingerprint density at radius 3 is 2.77 bits per heavy atom. The Bertz CT molecular complexity index is 952. The van der Waals surface area contributed by atoms with Gasteiger partial charge >= 0.3 is 0 Å². The zero-order chi connectivity index (χ0) is 21.1. The summed E-state index contributed by atoms with van der Waals surface area (Å²) in [6.07, 6.45) is 5.20. The van der Waals surface area contributed by atoms with Gasteiger partial charge in [0.15, 0.2) is 5.96 Å². The number of aryl methyl sites for hydroxylation is 1. The Labute approximate surface area is 175 Å². The third-order valence-electron chi connectivity index (χ3n) is 5.67. The molecule has 160 valence electrons. The largest absolute Gasteiger partial charge is 0.370 e. The normalized spacial score (nSPS) is 23.8. The Hall–Kier alpha value is -2.94. The third-order valence-corrected chi connectivity index (χ3v) is 5.67. The Morgan fingerprint density at radius 1 is 1.17 bits per heavy atom. The maximum absolute atomic E-state index is 12.5. The lowest BCUT2D eigenvalue weighted by Gasteiger charge is -2.30. The van der Waals surface area contributed by atoms with Crippen molar-refractivity contribution < 1.29 is 9.53 Å². The van der Waals surface area contributed by atoms with E-state index in [1.165, 1.54) is 0 Å². The van der Waals surface area contributed by atoms with Crippen molar-refractivity contribution in [1.82, 2.24) is 9.97 Å². The van der Waals surface area contributed by atoms with Crippen LogP contribution >= 0.6 is 0 Å². The molecule has 1 aliphatic carbocycles. The number of anilines is 2. The number of nitrogens with zero attached hydrogens (tertiary/aromatic N) is 3. The van der Waals surface area contributed by atoms with E-state index >= 15 is 0 Å². The number of aliphatic imine (C=N–C) groups is 1. The number of ether oxygens (including phenoxy) is 1. The summed E-state index contributed by atoms with van der Waals surface area (Å²) < 4.78 is 5.47. The van der Waals surface area contributed by atoms with Crippen molar-refractivity contribution in [3.8, 4) is 0 Å². The van der Waals surface area contributed by atoms with Crippen LogP contribution in [0.3, 0.4) is 0 Å². The number of hydrogen-bond acceptors (Lipinski definition) is 6. The molecule has 2 fully saturated rings. The Kier molecular flexibility index (Phi) is 5.98. The van der Waals surface area contributed by atoms with Crippen LogP contribution in [0, 0.1) is 6.92 Å². The SMILES string of the molecule is Cc1ccc2nc(NC(=O)C3CCCO3)nc(NC3CCCCC3N=C(N)N)c2c1. The van der Waals surface area contributed by atoms with Crippen LogP contribution in [0.4, 0.5) is 11.8 Å². The number of nitrogens with two attached hydrogens (primary N) is 2. The van der Waals surface area contributed by atoms with Gasteiger partial charge in [0.1, 0.15) is 11.9 Å². The first-order valence-electron chi connectivity index (χ1n) is 10.6. The van der Waals surface area contributed by atoms with Gasteiger partial charge in [0.2, 0.25) is 5.95 Å². The molecule has 3 unspecified atom stereocenters. The topological polar surface area (TPSA) is 141 Å². The van der Waals surface area contributed by atoms with E-state index in [0.717, 1.165) is 48.6 Å². The van der Waals surface area contributed by atoms with Crippen LogP contribution in [0.15, 0.2) is 23.2 Å². The van der Waals surface area contributed by atoms with Crippen molar-refractivity contribution in [2.75, 3.05) is 17.2 Å². The summed E-state index contributed by atoms with van der Waals surface area (Å²) in [4.78, 5) is 26.1. The van der Waals surface area contributed by atoms with E-state index in [-0.39, 0.29) is 29.9 Å². The molecule has 0 radical (unpaired) electrons. The second kappa shape index (κ2) is 8.83. The van der Waals surface area contributed by atoms with E-state index in [0.29, 0.717) is 18.8 Å². The minimum Gasteiger partial charge on any atom is -0.370 e. The maximum atomic E-state index is 12.5. The summed E-state index contributed by atoms with van der Waals surface area (Å²) >= 11 is 0. The second-order valence-corrected chi connectivity index (χ2v) is 8.06. The van der Waals surface area contributed by atoms with Gasteiger partial charge in [-0.2, -0.15) is 4.98 Å². The molecule has 9 nitrogen and oxygen atoms in total. The molecular formula is C21H29N7O2. The summed E-state index contributed by atoms with van der Waals surface area (Å²) in [5, 5.41) is 7.26. The lowest BCUT2D eigenvalue weighted by atomic mass is 9.90. The van der Waals surface area contributed by atoms with Gasteiger partial charge in [0.25, 0.3) is 5.91 Å². The predicted molar refractivity (Wildman–Crippen MR) is 117 cm³/mol. The first-order valence-corrected chi connectivity index (χ1v) is 10.6. The molecule has 6 N–H and O–H groups in total. The first kappa shape index (κ1) is 20.3. The van der Waals surface area contributed by atoms with Gasteiger partial charge in [-0.15, -0.1) is 0 Å². The number of fused-ring (bicyclic) bond motifs is 1. The van der Waals surface area contributed by atoms with Crippen molar-refractivity contribution in [3.63, 3.8) is 0 Å². The van der Waals surface area contributed by atoms with Gasteiger partial charge in [-0.25, -0.2) is 9.98 Å². The van der Waals surface area contributed by atoms with Crippen LogP contribution in [0.25, 0.3) is 10.9 Å². The van der Waals surface area contributed by atoms with Crippen LogP contribution in [-0.2, 0) is 9.53 Å². The fraction of sp³-hybridized carbons (Fsp3) is 0.524. The zero-order valence-electron chi connectivity index (χ0n) is 17.2. The van der Waals surface area contributed by atoms with E-state index in [2.05, 4.69) is 25.6 Å². The molecule has 4 rings (SSSR count). The Balaban J connectivity index is 1.65. The molecule has 2 aliphatic rings. The number of nitrogens with one attached hydrogen (secondary N) is 2. The second-order valence-electron chi connectivity index (χ2n) is 8.06. The van der Waals surface area contributed by atoms with Crippen molar-refractivity contribution in [2.24, 2.45) is 16.5 Å². The monoisotopic (exact) mass is 411 g/mol. The molecule has 0 spiro atoms. The molecule has 1 saturated heterocycles. The lowest BCUT2D eigenvalue weighted by molar-refractivity contribution is -0.124. The summed E-state index contributed by atoms with van der Waals surface area (Å²) in [6.45, 7) is 2.63. The maximum Gasteiger partial charge on any atom is 0.255 e. The number of carbonyl (C=O) groups is 1. The Morgan fingerprint density at radius 2 is 2.00 bits per heavy atom. The number of amides is 1. The van der Waals surface area contributed by atoms with E-state index < -0.39 is 6.10 Å². The fourth-order valence-corrected chi connectivity index (χ4v) is 4.18. The van der Waals surface area contributed by atoms with Crippen molar-refractivity contribution >= 4 is 34.5 Å². The molecule has 2 aromatic rings. The number of aromatic nitrogens is 2. The van der Waals surface area contributed by atoms with Crippen LogP contribution in [0.2, 0.25) is 0 Å². The molecule has 30 heavy (non-hydrogen) atoms. The molecule has 1 amide bonds. The number of guanidine groups is 1. The standard InChI is InChI=1S/C21H29N7O2/c1-12-8-9-14-13(11-12)18(24-15-5-2-3-6-16(15)25-20(22)23)27-21(26-14)28-19(29)17-7-4-10-30-17/h8-9,11,15-17H,2-7,10H2,1H3,(H4,22,23,25)(H2,24,26,27,28,29). The van der Waals surface area contributed by atoms with Crippen molar-refractivity contribution in [2.45, 2.75) is 63.6 Å². The highest BCUT2D eigenvalue weighted by atomic mass is 16.5. The smallest absolute Gasteiger partial charge is 0.255 e. The molecule has 1 aromatic heterocycles. The van der Waals surface area contributed by atoms with Gasteiger partial charge in [0, 0.05) is 12.0 Å². The summed E-state index contributed by atoms with van der Waals surface area (Å²) in [7, 11) is 0. The van der Waals surface area contributed by atoms with Gasteiger partial charge < -0.3 is 21.5 Å². The average Bonchev–Trinajstić information content (AvgIpc) is 3.25. The number of rotatable bonds is 5. The van der Waals surface area contributed by atoms with Crippen LogP contribution in [0.1, 0.15) is 44.1 Å². The fourth-order valence-electron chi connectivity index (χ4n) is 4.18. The van der Waals surface area contributed by atoms with Crippen LogP contribution in [-0.4, -0.2) is 46.6 Å². The van der Waals surface area contributed by atoms with Crippen LogP contribution in [0.5, 0.6) is 0 Å². The van der Waals surface area contributed by atoms with Gasteiger partial charge in [-0.05, 0) is 44.7 Å². The average molecular weight is 412 g/mol. The lowest BCUT2D eigenvalue weighted by Crippen LogP contribution is -2.38. The minimum absolute atomic E-state index is 0.0106. The molecule has 1 aliphatic heterocycles. The number of benzene rings is 1. The van der Waals surface area contributed by atoms with Gasteiger partial charge in [0.05, 0.1) is 17.6 Å².